The third-order valence-electron chi connectivity index (χ3n) is 3.41. The van der Waals surface area contributed by atoms with Gasteiger partial charge in [0.2, 0.25) is 0 Å². The fraction of sp³-hybridized carbons (Fsp3) is 0.312. The van der Waals surface area contributed by atoms with E-state index in [0.29, 0.717) is 17.0 Å². The number of aromatic nitrogens is 1. The molecule has 0 spiro atoms. The van der Waals surface area contributed by atoms with Crippen LogP contribution in [0.2, 0.25) is 0 Å². The first-order valence-electron chi connectivity index (χ1n) is 6.94. The predicted molar refractivity (Wildman–Crippen MR) is 85.2 cm³/mol. The van der Waals surface area contributed by atoms with E-state index in [1.165, 1.54) is 11.3 Å². The highest BCUT2D eigenvalue weighted by molar-refractivity contribution is 7.11. The molecule has 2 rings (SSSR count). The van der Waals surface area contributed by atoms with Crippen LogP contribution in [0.25, 0.3) is 0 Å². The Morgan fingerprint density at radius 1 is 1.27 bits per heavy atom. The van der Waals surface area contributed by atoms with Crippen molar-refractivity contribution in [1.82, 2.24) is 10.3 Å². The zero-order valence-electron chi connectivity index (χ0n) is 12.5. The van der Waals surface area contributed by atoms with Gasteiger partial charge in [0, 0.05) is 6.54 Å². The molecule has 1 aromatic carbocycles. The Morgan fingerprint density at radius 2 is 1.95 bits per heavy atom. The normalized spacial score (nSPS) is 11.9. The maximum absolute atomic E-state index is 12.0. The molecule has 116 valence electrons. The van der Waals surface area contributed by atoms with E-state index in [-0.39, 0.29) is 12.5 Å². The lowest BCUT2D eigenvalue weighted by molar-refractivity contribution is -0.141. The molecule has 0 bridgehead atoms. The van der Waals surface area contributed by atoms with Crippen LogP contribution >= 0.6 is 11.3 Å². The number of carbonyl (C=O) groups excluding carboxylic acids is 1. The number of thiazole rings is 1. The molecule has 1 atom stereocenters. The van der Waals surface area contributed by atoms with Crippen LogP contribution in [0.15, 0.2) is 29.8 Å². The Kier molecular flexibility index (Phi) is 5.27. The average Bonchev–Trinajstić information content (AvgIpc) is 2.91. The zero-order chi connectivity index (χ0) is 16.1. The molecule has 5 nitrogen and oxygen atoms in total. The first kappa shape index (κ1) is 16.2. The van der Waals surface area contributed by atoms with Gasteiger partial charge in [-0.1, -0.05) is 29.8 Å². The van der Waals surface area contributed by atoms with Gasteiger partial charge in [-0.05, 0) is 25.8 Å². The average molecular weight is 318 g/mol. The summed E-state index contributed by atoms with van der Waals surface area (Å²) in [4.78, 5) is 27.9. The SMILES string of the molecule is Cc1ccc(CC(CNC(=O)c2scnc2C)C(=O)O)cc1. The van der Waals surface area contributed by atoms with Crippen molar-refractivity contribution in [3.05, 3.63) is 51.5 Å². The van der Waals surface area contributed by atoms with Gasteiger partial charge < -0.3 is 10.4 Å². The van der Waals surface area contributed by atoms with Crippen molar-refractivity contribution in [1.29, 1.82) is 0 Å². The molecule has 2 aromatic rings. The van der Waals surface area contributed by atoms with Crippen molar-refractivity contribution in [2.75, 3.05) is 6.54 Å². The Bertz CT molecular complexity index is 664. The lowest BCUT2D eigenvalue weighted by Gasteiger charge is -2.13. The van der Waals surface area contributed by atoms with E-state index in [9.17, 15) is 14.7 Å². The quantitative estimate of drug-likeness (QED) is 0.857. The summed E-state index contributed by atoms with van der Waals surface area (Å²) >= 11 is 1.25. The maximum Gasteiger partial charge on any atom is 0.308 e. The standard InChI is InChI=1S/C16H18N2O3S/c1-10-3-5-12(6-4-10)7-13(16(20)21)8-17-15(19)14-11(2)18-9-22-14/h3-6,9,13H,7-8H2,1-2H3,(H,17,19)(H,20,21). The van der Waals surface area contributed by atoms with Crippen LogP contribution in [-0.4, -0.2) is 28.5 Å². The number of amides is 1. The molecular weight excluding hydrogens is 300 g/mol. The molecule has 22 heavy (non-hydrogen) atoms. The molecule has 0 aliphatic heterocycles. The molecule has 1 amide bonds. The number of carboxylic acids is 1. The van der Waals surface area contributed by atoms with Gasteiger partial charge >= 0.3 is 5.97 Å². The van der Waals surface area contributed by atoms with Crippen LogP contribution in [0.1, 0.15) is 26.5 Å². The predicted octanol–water partition coefficient (Wildman–Crippen LogP) is 2.43. The van der Waals surface area contributed by atoms with E-state index in [0.717, 1.165) is 11.1 Å². The number of aliphatic carboxylic acids is 1. The molecule has 0 fully saturated rings. The second kappa shape index (κ2) is 7.17. The van der Waals surface area contributed by atoms with Gasteiger partial charge in [-0.2, -0.15) is 0 Å². The smallest absolute Gasteiger partial charge is 0.308 e. The molecule has 0 aliphatic carbocycles. The summed E-state index contributed by atoms with van der Waals surface area (Å²) in [5.74, 6) is -1.84. The Balaban J connectivity index is 1.97. The van der Waals surface area contributed by atoms with Gasteiger partial charge in [-0.25, -0.2) is 4.98 Å². The van der Waals surface area contributed by atoms with E-state index in [4.69, 9.17) is 0 Å². The summed E-state index contributed by atoms with van der Waals surface area (Å²) in [6.07, 6.45) is 0.386. The van der Waals surface area contributed by atoms with Crippen LogP contribution in [0.4, 0.5) is 0 Å². The summed E-state index contributed by atoms with van der Waals surface area (Å²) < 4.78 is 0. The molecular formula is C16H18N2O3S. The monoisotopic (exact) mass is 318 g/mol. The highest BCUT2D eigenvalue weighted by Crippen LogP contribution is 2.13. The second-order valence-corrected chi connectivity index (χ2v) is 6.06. The van der Waals surface area contributed by atoms with E-state index < -0.39 is 11.9 Å². The van der Waals surface area contributed by atoms with E-state index in [1.54, 1.807) is 12.4 Å². The number of carboxylic acid groups (broad SMARTS) is 1. The van der Waals surface area contributed by atoms with Crippen LogP contribution in [-0.2, 0) is 11.2 Å². The number of nitrogens with zero attached hydrogens (tertiary/aromatic N) is 1. The molecule has 0 saturated heterocycles. The highest BCUT2D eigenvalue weighted by Gasteiger charge is 2.20. The minimum Gasteiger partial charge on any atom is -0.481 e. The van der Waals surface area contributed by atoms with Crippen molar-refractivity contribution >= 4 is 23.2 Å². The number of benzene rings is 1. The van der Waals surface area contributed by atoms with Crippen LogP contribution in [0.3, 0.4) is 0 Å². The molecule has 0 aliphatic rings. The fourth-order valence-electron chi connectivity index (χ4n) is 2.07. The van der Waals surface area contributed by atoms with Crippen LogP contribution in [0.5, 0.6) is 0 Å². The van der Waals surface area contributed by atoms with Gasteiger partial charge in [0.25, 0.3) is 5.91 Å². The van der Waals surface area contributed by atoms with Gasteiger partial charge in [-0.3, -0.25) is 9.59 Å². The summed E-state index contributed by atoms with van der Waals surface area (Å²) in [7, 11) is 0. The van der Waals surface area contributed by atoms with Gasteiger partial charge in [-0.15, -0.1) is 11.3 Å². The second-order valence-electron chi connectivity index (χ2n) is 5.20. The number of aryl methyl sites for hydroxylation is 2. The third kappa shape index (κ3) is 4.14. The number of hydrogen-bond donors (Lipinski definition) is 2. The van der Waals surface area contributed by atoms with Crippen molar-refractivity contribution in [3.8, 4) is 0 Å². The number of nitrogens with one attached hydrogen (secondary N) is 1. The molecule has 0 saturated carbocycles. The first-order chi connectivity index (χ1) is 10.5. The largest absolute Gasteiger partial charge is 0.481 e. The Morgan fingerprint density at radius 3 is 2.50 bits per heavy atom. The van der Waals surface area contributed by atoms with E-state index in [2.05, 4.69) is 10.3 Å². The number of hydrogen-bond acceptors (Lipinski definition) is 4. The van der Waals surface area contributed by atoms with E-state index >= 15 is 0 Å². The molecule has 2 N–H and O–H groups in total. The number of rotatable bonds is 6. The first-order valence-corrected chi connectivity index (χ1v) is 7.82. The maximum atomic E-state index is 12.0. The van der Waals surface area contributed by atoms with E-state index in [1.807, 2.05) is 31.2 Å². The van der Waals surface area contributed by atoms with Crippen LogP contribution < -0.4 is 5.32 Å². The van der Waals surface area contributed by atoms with Crippen molar-refractivity contribution < 1.29 is 14.7 Å². The van der Waals surface area contributed by atoms with Crippen molar-refractivity contribution in [2.24, 2.45) is 5.92 Å². The fourth-order valence-corrected chi connectivity index (χ4v) is 2.79. The summed E-state index contributed by atoms with van der Waals surface area (Å²) in [5, 5.41) is 12.0. The highest BCUT2D eigenvalue weighted by atomic mass is 32.1. The Hall–Kier alpha value is -2.21. The minimum atomic E-state index is -0.915. The Labute approximate surface area is 133 Å². The number of carbonyl (C=O) groups is 2. The minimum absolute atomic E-state index is 0.0966. The van der Waals surface area contributed by atoms with Gasteiger partial charge in [0.15, 0.2) is 0 Å². The molecule has 1 heterocycles. The van der Waals surface area contributed by atoms with Gasteiger partial charge in [0.05, 0.1) is 17.1 Å². The van der Waals surface area contributed by atoms with Gasteiger partial charge in [0.1, 0.15) is 4.88 Å². The van der Waals surface area contributed by atoms with Crippen molar-refractivity contribution in [3.63, 3.8) is 0 Å². The third-order valence-corrected chi connectivity index (χ3v) is 4.34. The lowest BCUT2D eigenvalue weighted by atomic mass is 9.98. The topological polar surface area (TPSA) is 79.3 Å². The molecule has 6 heteroatoms. The summed E-state index contributed by atoms with van der Waals surface area (Å²) in [5.41, 5.74) is 4.34. The summed E-state index contributed by atoms with van der Waals surface area (Å²) in [6.45, 7) is 3.84. The van der Waals surface area contributed by atoms with Crippen molar-refractivity contribution in [2.45, 2.75) is 20.3 Å². The lowest BCUT2D eigenvalue weighted by Crippen LogP contribution is -2.34. The molecule has 1 unspecified atom stereocenters. The van der Waals surface area contributed by atoms with Crippen LogP contribution in [0, 0.1) is 19.8 Å². The molecule has 1 aromatic heterocycles. The zero-order valence-corrected chi connectivity index (χ0v) is 13.3. The molecule has 0 radical (unpaired) electrons. The summed E-state index contributed by atoms with van der Waals surface area (Å²) in [6, 6.07) is 7.74.